The van der Waals surface area contributed by atoms with Crippen LogP contribution in [0, 0.1) is 5.92 Å². The van der Waals surface area contributed by atoms with Crippen molar-refractivity contribution in [2.24, 2.45) is 5.92 Å². The van der Waals surface area contributed by atoms with Crippen LogP contribution in [-0.2, 0) is 37.1 Å². The Labute approximate surface area is 149 Å². The van der Waals surface area contributed by atoms with Gasteiger partial charge in [-0.1, -0.05) is 44.5 Å². The molecule has 0 spiro atoms. The molecule has 1 N–H and O–H groups in total. The molecule has 1 aliphatic heterocycles. The van der Waals surface area contributed by atoms with E-state index in [1.807, 2.05) is 0 Å². The SMILES string of the molecule is CC(C)Cc1ccc(CC(=O)NCc2nnc3n2CCCCC3)cc1. The first-order valence-corrected chi connectivity index (χ1v) is 9.37. The smallest absolute Gasteiger partial charge is 0.224 e. The van der Waals surface area contributed by atoms with E-state index >= 15 is 0 Å². The minimum absolute atomic E-state index is 0.0302. The fourth-order valence-electron chi connectivity index (χ4n) is 3.37. The summed E-state index contributed by atoms with van der Waals surface area (Å²) in [5, 5.41) is 11.5. The second-order valence-electron chi connectivity index (χ2n) is 7.36. The first kappa shape index (κ1) is 17.6. The van der Waals surface area contributed by atoms with E-state index in [0.717, 1.165) is 43.0 Å². The van der Waals surface area contributed by atoms with Gasteiger partial charge in [-0.05, 0) is 36.3 Å². The lowest BCUT2D eigenvalue weighted by Gasteiger charge is -2.09. The van der Waals surface area contributed by atoms with Gasteiger partial charge in [-0.2, -0.15) is 0 Å². The van der Waals surface area contributed by atoms with Crippen LogP contribution in [0.15, 0.2) is 24.3 Å². The number of rotatable bonds is 6. The quantitative estimate of drug-likeness (QED) is 0.879. The van der Waals surface area contributed by atoms with Gasteiger partial charge in [0.15, 0.2) is 5.82 Å². The van der Waals surface area contributed by atoms with Gasteiger partial charge in [0.05, 0.1) is 13.0 Å². The minimum Gasteiger partial charge on any atom is -0.349 e. The van der Waals surface area contributed by atoms with Gasteiger partial charge in [-0.15, -0.1) is 10.2 Å². The molecule has 0 atom stereocenters. The lowest BCUT2D eigenvalue weighted by atomic mass is 10.0. The van der Waals surface area contributed by atoms with Crippen LogP contribution < -0.4 is 5.32 Å². The third kappa shape index (κ3) is 4.91. The van der Waals surface area contributed by atoms with Crippen molar-refractivity contribution >= 4 is 5.91 Å². The molecule has 5 nitrogen and oxygen atoms in total. The number of nitrogens with zero attached hydrogens (tertiary/aromatic N) is 3. The lowest BCUT2D eigenvalue weighted by Crippen LogP contribution is -2.26. The molecular formula is C20H28N4O. The van der Waals surface area contributed by atoms with Crippen molar-refractivity contribution < 1.29 is 4.79 Å². The predicted molar refractivity (Wildman–Crippen MR) is 98.1 cm³/mol. The summed E-state index contributed by atoms with van der Waals surface area (Å²) in [5.41, 5.74) is 2.37. The second kappa shape index (κ2) is 8.28. The number of benzene rings is 1. The van der Waals surface area contributed by atoms with E-state index in [1.54, 1.807) is 0 Å². The third-order valence-electron chi connectivity index (χ3n) is 4.66. The van der Waals surface area contributed by atoms with Gasteiger partial charge in [-0.3, -0.25) is 4.79 Å². The number of nitrogens with one attached hydrogen (secondary N) is 1. The molecule has 134 valence electrons. The summed E-state index contributed by atoms with van der Waals surface area (Å²) in [5.74, 6) is 2.61. The zero-order valence-electron chi connectivity index (χ0n) is 15.3. The van der Waals surface area contributed by atoms with Crippen LogP contribution in [0.1, 0.15) is 55.9 Å². The first-order valence-electron chi connectivity index (χ1n) is 9.37. The summed E-state index contributed by atoms with van der Waals surface area (Å²) in [7, 11) is 0. The Morgan fingerprint density at radius 1 is 1.12 bits per heavy atom. The monoisotopic (exact) mass is 340 g/mol. The van der Waals surface area contributed by atoms with E-state index in [0.29, 0.717) is 18.9 Å². The molecular weight excluding hydrogens is 312 g/mol. The Morgan fingerprint density at radius 2 is 1.88 bits per heavy atom. The normalized spacial score (nSPS) is 14.2. The molecule has 0 fully saturated rings. The zero-order chi connectivity index (χ0) is 17.6. The molecule has 1 amide bonds. The highest BCUT2D eigenvalue weighted by Gasteiger charge is 2.15. The molecule has 3 rings (SSSR count). The Bertz CT molecular complexity index is 703. The standard InChI is InChI=1S/C20H28N4O/c1-15(2)12-16-7-9-17(10-8-16)13-20(25)21-14-19-23-22-18-6-4-3-5-11-24(18)19/h7-10,15H,3-6,11-14H2,1-2H3,(H,21,25). The summed E-state index contributed by atoms with van der Waals surface area (Å²) >= 11 is 0. The number of carbonyl (C=O) groups is 1. The predicted octanol–water partition coefficient (Wildman–Crippen LogP) is 3.06. The molecule has 0 saturated heterocycles. The van der Waals surface area contributed by atoms with E-state index in [9.17, 15) is 4.79 Å². The van der Waals surface area contributed by atoms with Crippen LogP contribution >= 0.6 is 0 Å². The molecule has 0 radical (unpaired) electrons. The number of fused-ring (bicyclic) bond motifs is 1. The van der Waals surface area contributed by atoms with Crippen LogP contribution in [0.2, 0.25) is 0 Å². The third-order valence-corrected chi connectivity index (χ3v) is 4.66. The van der Waals surface area contributed by atoms with Crippen molar-refractivity contribution in [3.05, 3.63) is 47.0 Å². The van der Waals surface area contributed by atoms with Gasteiger partial charge >= 0.3 is 0 Å². The largest absolute Gasteiger partial charge is 0.349 e. The highest BCUT2D eigenvalue weighted by Crippen LogP contribution is 2.14. The molecule has 0 unspecified atom stereocenters. The lowest BCUT2D eigenvalue weighted by molar-refractivity contribution is -0.120. The number of aryl methyl sites for hydroxylation is 1. The minimum atomic E-state index is 0.0302. The van der Waals surface area contributed by atoms with Crippen molar-refractivity contribution in [2.75, 3.05) is 0 Å². The Balaban J connectivity index is 1.52. The van der Waals surface area contributed by atoms with Crippen molar-refractivity contribution in [3.8, 4) is 0 Å². The Morgan fingerprint density at radius 3 is 2.64 bits per heavy atom. The Kier molecular flexibility index (Phi) is 5.84. The highest BCUT2D eigenvalue weighted by molar-refractivity contribution is 5.78. The van der Waals surface area contributed by atoms with Crippen molar-refractivity contribution in [1.29, 1.82) is 0 Å². The van der Waals surface area contributed by atoms with Gasteiger partial charge in [0, 0.05) is 13.0 Å². The van der Waals surface area contributed by atoms with Gasteiger partial charge in [-0.25, -0.2) is 0 Å². The summed E-state index contributed by atoms with van der Waals surface area (Å²) in [6, 6.07) is 8.36. The maximum atomic E-state index is 12.2. The molecule has 2 heterocycles. The van der Waals surface area contributed by atoms with Crippen LogP contribution in [0.25, 0.3) is 0 Å². The van der Waals surface area contributed by atoms with Gasteiger partial charge in [0.2, 0.25) is 5.91 Å². The van der Waals surface area contributed by atoms with E-state index in [1.165, 1.54) is 18.4 Å². The van der Waals surface area contributed by atoms with E-state index < -0.39 is 0 Å². The molecule has 0 aliphatic carbocycles. The molecule has 25 heavy (non-hydrogen) atoms. The Hall–Kier alpha value is -2.17. The van der Waals surface area contributed by atoms with Crippen LogP contribution in [0.4, 0.5) is 0 Å². The molecule has 1 aromatic carbocycles. The van der Waals surface area contributed by atoms with E-state index in [4.69, 9.17) is 0 Å². The molecule has 2 aromatic rings. The number of hydrogen-bond acceptors (Lipinski definition) is 3. The average molecular weight is 340 g/mol. The van der Waals surface area contributed by atoms with Gasteiger partial charge in [0.1, 0.15) is 5.82 Å². The molecule has 0 saturated carbocycles. The summed E-state index contributed by atoms with van der Waals surface area (Å²) in [4.78, 5) is 12.2. The number of hydrogen-bond donors (Lipinski definition) is 1. The molecule has 1 aromatic heterocycles. The fraction of sp³-hybridized carbons (Fsp3) is 0.550. The van der Waals surface area contributed by atoms with Crippen LogP contribution in [0.5, 0.6) is 0 Å². The molecule has 5 heteroatoms. The van der Waals surface area contributed by atoms with Gasteiger partial charge < -0.3 is 9.88 Å². The van der Waals surface area contributed by atoms with Crippen molar-refractivity contribution in [1.82, 2.24) is 20.1 Å². The number of carbonyl (C=O) groups excluding carboxylic acids is 1. The maximum absolute atomic E-state index is 12.2. The fourth-order valence-corrected chi connectivity index (χ4v) is 3.37. The second-order valence-corrected chi connectivity index (χ2v) is 7.36. The van der Waals surface area contributed by atoms with Crippen LogP contribution in [-0.4, -0.2) is 20.7 Å². The average Bonchev–Trinajstić information content (AvgIpc) is 2.81. The zero-order valence-corrected chi connectivity index (χ0v) is 15.3. The first-order chi connectivity index (χ1) is 12.1. The van der Waals surface area contributed by atoms with Gasteiger partial charge in [0.25, 0.3) is 0 Å². The summed E-state index contributed by atoms with van der Waals surface area (Å²) < 4.78 is 2.17. The van der Waals surface area contributed by atoms with Crippen molar-refractivity contribution in [3.63, 3.8) is 0 Å². The topological polar surface area (TPSA) is 59.8 Å². The molecule has 1 aliphatic rings. The summed E-state index contributed by atoms with van der Waals surface area (Å²) in [6.45, 7) is 5.85. The van der Waals surface area contributed by atoms with Crippen molar-refractivity contribution in [2.45, 2.75) is 65.5 Å². The maximum Gasteiger partial charge on any atom is 0.224 e. The van der Waals surface area contributed by atoms with E-state index in [-0.39, 0.29) is 5.91 Å². The number of aromatic nitrogens is 3. The summed E-state index contributed by atoms with van der Waals surface area (Å²) in [6.07, 6.45) is 6.05. The number of amides is 1. The molecule has 0 bridgehead atoms. The highest BCUT2D eigenvalue weighted by atomic mass is 16.1. The van der Waals surface area contributed by atoms with Crippen LogP contribution in [0.3, 0.4) is 0 Å². The van der Waals surface area contributed by atoms with E-state index in [2.05, 4.69) is 58.2 Å².